The van der Waals surface area contributed by atoms with Crippen molar-refractivity contribution >= 4 is 23.0 Å². The lowest BCUT2D eigenvalue weighted by atomic mass is 10.1. The van der Waals surface area contributed by atoms with Gasteiger partial charge in [0.1, 0.15) is 0 Å². The summed E-state index contributed by atoms with van der Waals surface area (Å²) < 4.78 is 4.81. The fourth-order valence-corrected chi connectivity index (χ4v) is 1.18. The van der Waals surface area contributed by atoms with Crippen LogP contribution in [0.5, 0.6) is 0 Å². The first kappa shape index (κ1) is 16.3. The molecule has 0 saturated heterocycles. The van der Waals surface area contributed by atoms with Gasteiger partial charge in [-0.25, -0.2) is 0 Å². The maximum atomic E-state index is 10.9. The lowest BCUT2D eigenvalue weighted by molar-refractivity contribution is -0.143. The largest absolute Gasteiger partial charge is 0.466 e. The van der Waals surface area contributed by atoms with E-state index in [9.17, 15) is 4.79 Å². The van der Waals surface area contributed by atoms with Crippen LogP contribution in [0.25, 0.3) is 0 Å². The molecule has 0 aliphatic rings. The van der Waals surface area contributed by atoms with E-state index in [1.54, 1.807) is 0 Å². The molecule has 0 heterocycles. The van der Waals surface area contributed by atoms with Crippen LogP contribution < -0.4 is 5.73 Å². The van der Waals surface area contributed by atoms with Crippen LogP contribution in [0, 0.1) is 0 Å². The molecular weight excluding hydrogens is 246 g/mol. The Balaban J connectivity index is 0. The van der Waals surface area contributed by atoms with Crippen LogP contribution >= 0.6 is 17.0 Å². The summed E-state index contributed by atoms with van der Waals surface area (Å²) in [5.41, 5.74) is 5.36. The Labute approximate surface area is 97.2 Å². The van der Waals surface area contributed by atoms with E-state index in [1.165, 1.54) is 12.8 Å². The van der Waals surface area contributed by atoms with Gasteiger partial charge in [0, 0.05) is 6.42 Å². The normalized spacial score (nSPS) is 9.29. The molecule has 3 nitrogen and oxygen atoms in total. The van der Waals surface area contributed by atoms with Crippen molar-refractivity contribution in [2.45, 2.75) is 45.4 Å². The predicted molar refractivity (Wildman–Crippen MR) is 63.7 cm³/mol. The lowest BCUT2D eigenvalue weighted by Gasteiger charge is -2.01. The maximum Gasteiger partial charge on any atom is 0.305 e. The Morgan fingerprint density at radius 1 is 1.14 bits per heavy atom. The summed E-state index contributed by atoms with van der Waals surface area (Å²) in [6, 6.07) is 0. The molecule has 14 heavy (non-hydrogen) atoms. The Morgan fingerprint density at radius 2 is 1.71 bits per heavy atom. The van der Waals surface area contributed by atoms with Gasteiger partial charge in [0.2, 0.25) is 0 Å². The molecule has 0 aliphatic carbocycles. The third kappa shape index (κ3) is 11.9. The summed E-state index contributed by atoms with van der Waals surface area (Å²) in [6.45, 7) is 3.10. The van der Waals surface area contributed by atoms with Gasteiger partial charge in [-0.2, -0.15) is 0 Å². The van der Waals surface area contributed by atoms with Crippen LogP contribution in [0.4, 0.5) is 0 Å². The van der Waals surface area contributed by atoms with Gasteiger partial charge in [-0.3, -0.25) is 4.79 Å². The quantitative estimate of drug-likeness (QED) is 0.543. The van der Waals surface area contributed by atoms with Crippen LogP contribution in [-0.2, 0) is 9.53 Å². The van der Waals surface area contributed by atoms with E-state index in [0.717, 1.165) is 25.8 Å². The zero-order chi connectivity index (χ0) is 9.94. The van der Waals surface area contributed by atoms with Crippen LogP contribution in [-0.4, -0.2) is 19.1 Å². The van der Waals surface area contributed by atoms with Gasteiger partial charge in [-0.1, -0.05) is 19.3 Å². The minimum Gasteiger partial charge on any atom is -0.466 e. The number of carbonyl (C=O) groups excluding carboxylic acids is 1. The molecular formula is C10H22BrNO2. The molecule has 0 bridgehead atoms. The molecule has 0 aromatic carbocycles. The smallest absolute Gasteiger partial charge is 0.305 e. The van der Waals surface area contributed by atoms with Crippen molar-refractivity contribution in [1.82, 2.24) is 0 Å². The molecule has 4 heteroatoms. The first-order chi connectivity index (χ1) is 6.31. The molecule has 86 valence electrons. The average molecular weight is 268 g/mol. The van der Waals surface area contributed by atoms with E-state index in [4.69, 9.17) is 10.5 Å². The zero-order valence-corrected chi connectivity index (χ0v) is 10.7. The minimum atomic E-state index is -0.0682. The predicted octanol–water partition coefficient (Wildman–Crippen LogP) is 2.43. The van der Waals surface area contributed by atoms with Crippen molar-refractivity contribution in [3.63, 3.8) is 0 Å². The number of nitrogens with two attached hydrogens (primary N) is 1. The molecule has 0 aliphatic heterocycles. The summed E-state index contributed by atoms with van der Waals surface area (Å²) in [5, 5.41) is 0. The van der Waals surface area contributed by atoms with Gasteiger partial charge in [0.05, 0.1) is 6.61 Å². The summed E-state index contributed by atoms with van der Waals surface area (Å²) in [5.74, 6) is -0.0682. The monoisotopic (exact) mass is 267 g/mol. The first-order valence-corrected chi connectivity index (χ1v) is 5.17. The molecule has 0 amide bonds. The molecule has 0 fully saturated rings. The van der Waals surface area contributed by atoms with Crippen molar-refractivity contribution < 1.29 is 9.53 Å². The van der Waals surface area contributed by atoms with Crippen molar-refractivity contribution in [3.05, 3.63) is 0 Å². The maximum absolute atomic E-state index is 10.9. The van der Waals surface area contributed by atoms with Crippen molar-refractivity contribution in [3.8, 4) is 0 Å². The first-order valence-electron chi connectivity index (χ1n) is 5.17. The molecule has 2 N–H and O–H groups in total. The molecule has 0 spiro atoms. The van der Waals surface area contributed by atoms with E-state index in [0.29, 0.717) is 13.0 Å². The molecule has 0 aromatic heterocycles. The number of hydrogen-bond acceptors (Lipinski definition) is 3. The van der Waals surface area contributed by atoms with Crippen molar-refractivity contribution in [1.29, 1.82) is 0 Å². The average Bonchev–Trinajstić information content (AvgIpc) is 2.11. The highest BCUT2D eigenvalue weighted by molar-refractivity contribution is 8.93. The Hall–Kier alpha value is -0.0900. The van der Waals surface area contributed by atoms with Crippen LogP contribution in [0.3, 0.4) is 0 Å². The second-order valence-corrected chi connectivity index (χ2v) is 3.11. The number of esters is 1. The summed E-state index contributed by atoms with van der Waals surface area (Å²) >= 11 is 0. The highest BCUT2D eigenvalue weighted by Gasteiger charge is 1.99. The number of rotatable bonds is 8. The van der Waals surface area contributed by atoms with E-state index >= 15 is 0 Å². The molecule has 0 atom stereocenters. The Bertz CT molecular complexity index is 131. The summed E-state index contributed by atoms with van der Waals surface area (Å²) in [6.07, 6.45) is 6.08. The molecule has 0 saturated carbocycles. The Kier molecular flexibility index (Phi) is 15.1. The molecule has 0 radical (unpaired) electrons. The number of hydrogen-bond donors (Lipinski definition) is 1. The summed E-state index contributed by atoms with van der Waals surface area (Å²) in [7, 11) is 0. The fraction of sp³-hybridized carbons (Fsp3) is 0.900. The van der Waals surface area contributed by atoms with E-state index < -0.39 is 0 Å². The van der Waals surface area contributed by atoms with Gasteiger partial charge in [0.15, 0.2) is 0 Å². The Morgan fingerprint density at radius 3 is 2.29 bits per heavy atom. The zero-order valence-electron chi connectivity index (χ0n) is 8.96. The molecule has 0 unspecified atom stereocenters. The topological polar surface area (TPSA) is 52.3 Å². The van der Waals surface area contributed by atoms with Crippen molar-refractivity contribution in [2.75, 3.05) is 13.2 Å². The number of unbranched alkanes of at least 4 members (excludes halogenated alkanes) is 4. The third-order valence-corrected chi connectivity index (χ3v) is 1.89. The SMILES string of the molecule is Br.CCOC(=O)CCCCCCCN. The highest BCUT2D eigenvalue weighted by atomic mass is 79.9. The number of carbonyl (C=O) groups is 1. The van der Waals surface area contributed by atoms with E-state index in [2.05, 4.69) is 0 Å². The van der Waals surface area contributed by atoms with Crippen molar-refractivity contribution in [2.24, 2.45) is 5.73 Å². The van der Waals surface area contributed by atoms with Crippen LogP contribution in [0.1, 0.15) is 45.4 Å². The standard InChI is InChI=1S/C10H21NO2.BrH/c1-2-13-10(12)8-6-4-3-5-7-9-11;/h2-9,11H2,1H3;1H. The third-order valence-electron chi connectivity index (χ3n) is 1.89. The number of ether oxygens (including phenoxy) is 1. The second-order valence-electron chi connectivity index (χ2n) is 3.11. The summed E-state index contributed by atoms with van der Waals surface area (Å²) in [4.78, 5) is 10.9. The van der Waals surface area contributed by atoms with Crippen LogP contribution in [0.2, 0.25) is 0 Å². The van der Waals surface area contributed by atoms with Gasteiger partial charge in [-0.15, -0.1) is 17.0 Å². The van der Waals surface area contributed by atoms with Crippen LogP contribution in [0.15, 0.2) is 0 Å². The van der Waals surface area contributed by atoms with E-state index in [-0.39, 0.29) is 23.0 Å². The second kappa shape index (κ2) is 12.9. The molecule has 0 rings (SSSR count). The van der Waals surface area contributed by atoms with Gasteiger partial charge in [-0.05, 0) is 26.3 Å². The van der Waals surface area contributed by atoms with Gasteiger partial charge >= 0.3 is 5.97 Å². The number of halogens is 1. The fourth-order valence-electron chi connectivity index (χ4n) is 1.18. The highest BCUT2D eigenvalue weighted by Crippen LogP contribution is 2.05. The molecule has 0 aromatic rings. The van der Waals surface area contributed by atoms with Gasteiger partial charge in [0.25, 0.3) is 0 Å². The lowest BCUT2D eigenvalue weighted by Crippen LogP contribution is -2.03. The van der Waals surface area contributed by atoms with Gasteiger partial charge < -0.3 is 10.5 Å². The minimum absolute atomic E-state index is 0. The van der Waals surface area contributed by atoms with E-state index in [1.807, 2.05) is 6.92 Å².